The van der Waals surface area contributed by atoms with Crippen molar-refractivity contribution < 1.29 is 30.3 Å². The molecule has 0 rings (SSSR count). The van der Waals surface area contributed by atoms with Crippen LogP contribution in [0.5, 0.6) is 0 Å². The van der Waals surface area contributed by atoms with Gasteiger partial charge in [-0.3, -0.25) is 0 Å². The van der Waals surface area contributed by atoms with Crippen molar-refractivity contribution in [1.82, 2.24) is 0 Å². The molecule has 104 valence electrons. The van der Waals surface area contributed by atoms with Gasteiger partial charge in [-0.25, -0.2) is 4.79 Å². The molecule has 0 bridgehead atoms. The van der Waals surface area contributed by atoms with Gasteiger partial charge in [0, 0.05) is 5.92 Å². The van der Waals surface area contributed by atoms with Crippen LogP contribution in [-0.4, -0.2) is 43.6 Å². The maximum Gasteiger partial charge on any atom is 0.332 e. The Balaban J connectivity index is 0. The normalized spacial score (nSPS) is 14.5. The van der Waals surface area contributed by atoms with Crippen molar-refractivity contribution in [2.75, 3.05) is 0 Å². The molecule has 0 aromatic carbocycles. The van der Waals surface area contributed by atoms with Crippen LogP contribution in [-0.2, 0) is 4.79 Å². The van der Waals surface area contributed by atoms with Crippen molar-refractivity contribution in [1.29, 1.82) is 0 Å². The summed E-state index contributed by atoms with van der Waals surface area (Å²) in [5.74, 6) is -4.08. The van der Waals surface area contributed by atoms with Crippen LogP contribution in [0.25, 0.3) is 0 Å². The van der Waals surface area contributed by atoms with Crippen molar-refractivity contribution in [2.45, 2.75) is 58.5 Å². The topological polar surface area (TPSA) is 118 Å². The van der Waals surface area contributed by atoms with E-state index in [9.17, 15) is 4.79 Å². The van der Waals surface area contributed by atoms with E-state index in [2.05, 4.69) is 0 Å². The van der Waals surface area contributed by atoms with E-state index in [0.717, 1.165) is 12.8 Å². The second kappa shape index (κ2) is 9.35. The molecular weight excluding hydrogens is 228 g/mol. The van der Waals surface area contributed by atoms with E-state index in [4.69, 9.17) is 25.5 Å². The first-order valence-electron chi connectivity index (χ1n) is 5.74. The van der Waals surface area contributed by atoms with Gasteiger partial charge in [0.05, 0.1) is 0 Å². The minimum Gasteiger partial charge on any atom is -0.479 e. The highest BCUT2D eigenvalue weighted by molar-refractivity contribution is 5.71. The highest BCUT2D eigenvalue weighted by Gasteiger charge is 2.29. The van der Waals surface area contributed by atoms with Crippen LogP contribution in [0.4, 0.5) is 0 Å². The number of hydrogen-bond acceptors (Lipinski definition) is 5. The quantitative estimate of drug-likeness (QED) is 0.433. The Hall–Kier alpha value is -0.690. The van der Waals surface area contributed by atoms with Gasteiger partial charge in [-0.15, -0.1) is 0 Å². The molecule has 0 radical (unpaired) electrons. The maximum atomic E-state index is 9.45. The van der Waals surface area contributed by atoms with Crippen LogP contribution in [0.15, 0.2) is 0 Å². The van der Waals surface area contributed by atoms with Gasteiger partial charge in [-0.05, 0) is 19.8 Å². The zero-order valence-corrected chi connectivity index (χ0v) is 10.6. The molecule has 6 heteroatoms. The van der Waals surface area contributed by atoms with Crippen molar-refractivity contribution >= 4 is 5.97 Å². The molecule has 0 saturated heterocycles. The highest BCUT2D eigenvalue weighted by atomic mass is 16.7. The zero-order chi connectivity index (χ0) is 14.1. The van der Waals surface area contributed by atoms with Crippen LogP contribution in [0.3, 0.4) is 0 Å². The first-order chi connectivity index (χ1) is 7.66. The molecule has 0 amide bonds. The summed E-state index contributed by atoms with van der Waals surface area (Å²) < 4.78 is 0. The van der Waals surface area contributed by atoms with E-state index in [0.29, 0.717) is 12.8 Å². The molecule has 0 aromatic rings. The molecule has 6 nitrogen and oxygen atoms in total. The molecule has 5 N–H and O–H groups in total. The van der Waals surface area contributed by atoms with Crippen molar-refractivity contribution in [3.8, 4) is 0 Å². The third kappa shape index (κ3) is 11.6. The summed E-state index contributed by atoms with van der Waals surface area (Å²) >= 11 is 0. The third-order valence-electron chi connectivity index (χ3n) is 2.30. The van der Waals surface area contributed by atoms with E-state index >= 15 is 0 Å². The second-order valence-electron chi connectivity index (χ2n) is 3.95. The van der Waals surface area contributed by atoms with Crippen molar-refractivity contribution in [3.63, 3.8) is 0 Å². The van der Waals surface area contributed by atoms with Crippen LogP contribution in [0.1, 0.15) is 46.5 Å². The molecule has 2 unspecified atom stereocenters. The summed E-state index contributed by atoms with van der Waals surface area (Å²) in [5, 5.41) is 42.2. The Morgan fingerprint density at radius 2 is 1.65 bits per heavy atom. The van der Waals surface area contributed by atoms with Crippen LogP contribution < -0.4 is 0 Å². The van der Waals surface area contributed by atoms with Crippen molar-refractivity contribution in [2.24, 2.45) is 5.92 Å². The summed E-state index contributed by atoms with van der Waals surface area (Å²) in [4.78, 5) is 9.45. The first kappa shape index (κ1) is 18.7. The monoisotopic (exact) mass is 252 g/mol. The highest BCUT2D eigenvalue weighted by Crippen LogP contribution is 2.21. The lowest BCUT2D eigenvalue weighted by Gasteiger charge is -2.24. The Morgan fingerprint density at radius 1 is 1.24 bits per heavy atom. The van der Waals surface area contributed by atoms with Crippen LogP contribution in [0.2, 0.25) is 0 Å². The molecule has 0 aliphatic carbocycles. The molecule has 0 aromatic heterocycles. The largest absolute Gasteiger partial charge is 0.479 e. The van der Waals surface area contributed by atoms with Gasteiger partial charge in [0.15, 0.2) is 0 Å². The predicted molar refractivity (Wildman–Crippen MR) is 62.0 cm³/mol. The Bertz CT molecular complexity index is 197. The van der Waals surface area contributed by atoms with Crippen LogP contribution >= 0.6 is 0 Å². The summed E-state index contributed by atoms with van der Waals surface area (Å²) in [6.45, 7) is 5.06. The third-order valence-corrected chi connectivity index (χ3v) is 2.30. The summed E-state index contributed by atoms with van der Waals surface area (Å²) in [7, 11) is 0. The smallest absolute Gasteiger partial charge is 0.332 e. The van der Waals surface area contributed by atoms with Crippen molar-refractivity contribution in [3.05, 3.63) is 0 Å². The summed E-state index contributed by atoms with van der Waals surface area (Å²) in [6, 6.07) is 0. The Labute approximate surface area is 102 Å². The first-order valence-corrected chi connectivity index (χ1v) is 5.74. The average Bonchev–Trinajstić information content (AvgIpc) is 2.17. The number of unbranched alkanes of at least 4 members (excludes halogenated alkanes) is 1. The number of aliphatic hydroxyl groups excluding tert-OH is 1. The second-order valence-corrected chi connectivity index (χ2v) is 3.95. The lowest BCUT2D eigenvalue weighted by molar-refractivity contribution is -0.343. The van der Waals surface area contributed by atoms with E-state index in [-0.39, 0.29) is 0 Å². The molecule has 0 aliphatic heterocycles. The van der Waals surface area contributed by atoms with Gasteiger partial charge in [0.25, 0.3) is 5.97 Å². The van der Waals surface area contributed by atoms with Gasteiger partial charge < -0.3 is 25.5 Å². The summed E-state index contributed by atoms with van der Waals surface area (Å²) in [6.07, 6.45) is 1.94. The van der Waals surface area contributed by atoms with E-state index in [1.54, 1.807) is 0 Å². The van der Waals surface area contributed by atoms with Gasteiger partial charge in [0.2, 0.25) is 0 Å². The van der Waals surface area contributed by atoms with Gasteiger partial charge in [0.1, 0.15) is 6.10 Å². The molecular formula is C11H24O6. The maximum absolute atomic E-state index is 9.45. The molecule has 0 spiro atoms. The molecule has 2 atom stereocenters. The number of carbonyl (C=O) groups is 1. The Morgan fingerprint density at radius 3 is 1.82 bits per heavy atom. The number of carboxylic acid groups (broad SMARTS) is 1. The molecule has 0 saturated carbocycles. The van der Waals surface area contributed by atoms with Gasteiger partial charge in [-0.2, -0.15) is 0 Å². The van der Waals surface area contributed by atoms with E-state index in [1.165, 1.54) is 6.92 Å². The molecule has 0 fully saturated rings. The molecule has 0 aliphatic rings. The lowest BCUT2D eigenvalue weighted by atomic mass is 9.97. The molecule has 17 heavy (non-hydrogen) atoms. The zero-order valence-electron chi connectivity index (χ0n) is 10.6. The number of aliphatic carboxylic acids is 1. The minimum atomic E-state index is -2.48. The SMILES string of the molecule is CC(O)C(=O)O.CCCCC(CC)C(O)(O)O. The Kier molecular flexibility index (Phi) is 10.3. The summed E-state index contributed by atoms with van der Waals surface area (Å²) in [5.41, 5.74) is 0. The fourth-order valence-electron chi connectivity index (χ4n) is 1.12. The van der Waals surface area contributed by atoms with Crippen LogP contribution in [0, 0.1) is 5.92 Å². The number of hydrogen-bond donors (Lipinski definition) is 5. The fourth-order valence-corrected chi connectivity index (χ4v) is 1.12. The lowest BCUT2D eigenvalue weighted by Crippen LogP contribution is -2.36. The number of aliphatic hydroxyl groups is 4. The average molecular weight is 252 g/mol. The van der Waals surface area contributed by atoms with Gasteiger partial charge >= 0.3 is 5.97 Å². The minimum absolute atomic E-state index is 0.414. The number of carboxylic acids is 1. The fraction of sp³-hybridized carbons (Fsp3) is 0.909. The standard InChI is InChI=1S/C8H18O3.C3H6O3/c1-3-5-6-7(4-2)8(9,10)11;1-2(4)3(5)6/h7,9-11H,3-6H2,1-2H3;2,4H,1H3,(H,5,6). The van der Waals surface area contributed by atoms with Gasteiger partial charge in [-0.1, -0.05) is 26.7 Å². The number of rotatable bonds is 6. The predicted octanol–water partition coefficient (Wildman–Crippen LogP) is 0.285. The molecule has 0 heterocycles. The van der Waals surface area contributed by atoms with E-state index in [1.807, 2.05) is 13.8 Å². The van der Waals surface area contributed by atoms with E-state index < -0.39 is 24.0 Å².